The van der Waals surface area contributed by atoms with Crippen molar-refractivity contribution in [2.45, 2.75) is 109 Å². The first-order chi connectivity index (χ1) is 25.2. The van der Waals surface area contributed by atoms with E-state index in [1.807, 2.05) is 47.6 Å². The number of benzene rings is 4. The first kappa shape index (κ1) is 45.7. The van der Waals surface area contributed by atoms with Crippen LogP contribution in [-0.2, 0) is 29.3 Å². The Morgan fingerprint density at radius 3 is 1.39 bits per heavy atom. The summed E-state index contributed by atoms with van der Waals surface area (Å²) in [5.74, 6) is 0. The zero-order valence-electron chi connectivity index (χ0n) is 33.6. The monoisotopic (exact) mass is 858 g/mol. The van der Waals surface area contributed by atoms with Gasteiger partial charge in [-0.3, -0.25) is 0 Å². The fourth-order valence-electron chi connectivity index (χ4n) is 6.79. The summed E-state index contributed by atoms with van der Waals surface area (Å²) in [4.78, 5) is 4.81. The van der Waals surface area contributed by atoms with Crippen LogP contribution in [0.3, 0.4) is 0 Å². The number of halogens is 1. The van der Waals surface area contributed by atoms with Crippen molar-refractivity contribution < 1.29 is 29.3 Å². The van der Waals surface area contributed by atoms with E-state index in [9.17, 15) is 0 Å². The molecule has 1 heterocycles. The molecule has 54 heavy (non-hydrogen) atoms. The van der Waals surface area contributed by atoms with E-state index < -0.39 is 8.60 Å². The molecule has 6 rings (SSSR count). The van der Waals surface area contributed by atoms with Crippen LogP contribution < -0.4 is 9.80 Å². The van der Waals surface area contributed by atoms with Crippen LogP contribution in [0.2, 0.25) is 0 Å². The standard InChI is InChI=1S/C21H27N2.C15H10.C9H21O3P.CH4.ClH.Ru/c1-14-9-16(3)20(17(4)10-14)22-7-8-23(13-22)21-18(5)11-15(2)12-19(21)6;1-2-6-12(7-3-1)15-11-10-13-8-4-5-9-14(13)15;1-7(2)10-13(11-8(3)4)12-9(5)6;;;/h9-13H,7-8H2,1-6H3;1-9,11H;7-9H,1-6H3;1H4;1H;/q-1;;;;;+1/p-1. The van der Waals surface area contributed by atoms with E-state index in [1.54, 1.807) is 0 Å². The van der Waals surface area contributed by atoms with Gasteiger partial charge in [-0.2, -0.15) is 6.67 Å². The van der Waals surface area contributed by atoms with Crippen LogP contribution in [0.1, 0.15) is 99.0 Å². The third kappa shape index (κ3) is 12.7. The number of hydrogen-bond acceptors (Lipinski definition) is 5. The van der Waals surface area contributed by atoms with Crippen molar-refractivity contribution in [3.05, 3.63) is 142 Å². The van der Waals surface area contributed by atoms with E-state index in [-0.39, 0.29) is 41.4 Å². The van der Waals surface area contributed by atoms with Crippen LogP contribution in [0.25, 0.3) is 5.57 Å². The second-order valence-corrected chi connectivity index (χ2v) is 17.7. The van der Waals surface area contributed by atoms with Crippen molar-refractivity contribution >= 4 is 39.3 Å². The predicted molar refractivity (Wildman–Crippen MR) is 233 cm³/mol. The molecule has 4 aromatic carbocycles. The van der Waals surface area contributed by atoms with Gasteiger partial charge in [0, 0.05) is 24.5 Å². The molecule has 295 valence electrons. The fourth-order valence-corrected chi connectivity index (χ4v) is 9.53. The molecule has 0 amide bonds. The molecule has 1 saturated heterocycles. The maximum atomic E-state index is 6.10. The van der Waals surface area contributed by atoms with Crippen LogP contribution in [-0.4, -0.2) is 35.5 Å². The predicted octanol–water partition coefficient (Wildman–Crippen LogP) is 13.0. The van der Waals surface area contributed by atoms with Gasteiger partial charge < -0.3 is 23.4 Å². The van der Waals surface area contributed by atoms with E-state index in [0.29, 0.717) is 0 Å². The van der Waals surface area contributed by atoms with Gasteiger partial charge in [0.05, 0.1) is 18.3 Å². The van der Waals surface area contributed by atoms with Gasteiger partial charge in [-0.05, 0) is 105 Å². The fraction of sp³-hybridized carbons (Fsp3) is 0.391. The molecular formula is C46H62ClN2O3PRu-. The van der Waals surface area contributed by atoms with Crippen molar-refractivity contribution in [1.29, 1.82) is 0 Å². The van der Waals surface area contributed by atoms with Crippen molar-refractivity contribution in [2.75, 3.05) is 22.9 Å². The normalized spacial score (nSPS) is 14.4. The average molecular weight is 859 g/mol. The summed E-state index contributed by atoms with van der Waals surface area (Å²) in [7, 11) is 4.92. The van der Waals surface area contributed by atoms with Gasteiger partial charge in [-0.1, -0.05) is 42.8 Å². The second kappa shape index (κ2) is 21.6. The summed E-state index contributed by atoms with van der Waals surface area (Å²) >= 11 is -0.218. The van der Waals surface area contributed by atoms with Crippen LogP contribution in [0, 0.1) is 48.2 Å². The molecule has 1 aliphatic carbocycles. The zero-order chi connectivity index (χ0) is 38.8. The zero-order valence-corrected chi connectivity index (χ0v) is 37.0. The van der Waals surface area contributed by atoms with Crippen LogP contribution in [0.15, 0.2) is 84.9 Å². The topological polar surface area (TPSA) is 34.2 Å². The van der Waals surface area contributed by atoms with Gasteiger partial charge in [0.1, 0.15) is 0 Å². The van der Waals surface area contributed by atoms with Gasteiger partial charge in [0.15, 0.2) is 0 Å². The van der Waals surface area contributed by atoms with Crippen LogP contribution in [0.4, 0.5) is 11.4 Å². The quantitative estimate of drug-likeness (QED) is 0.0952. The number of allylic oxidation sites excluding steroid dienone is 1. The van der Waals surface area contributed by atoms with Gasteiger partial charge in [0.2, 0.25) is 0 Å². The van der Waals surface area contributed by atoms with Crippen LogP contribution in [0.5, 0.6) is 0 Å². The number of fused-ring (bicyclic) bond motifs is 1. The molecule has 8 heteroatoms. The molecule has 1 aliphatic heterocycles. The molecule has 0 radical (unpaired) electrons. The molecule has 0 aromatic heterocycles. The Hall–Kier alpha value is -2.69. The molecule has 0 bridgehead atoms. The maximum absolute atomic E-state index is 6.10. The third-order valence-electron chi connectivity index (χ3n) is 8.49. The SMILES string of the molecule is C.CC(C)OP(OC(C)C)OC(C)C.Cc1cc(C)c(N2[CH-]N(c3c(C)cc(C)cc3C)CC2)c(C)c1.[Cl][Ru]=[C]1C=C(c2ccccc2)c2ccccc21. The Morgan fingerprint density at radius 1 is 0.611 bits per heavy atom. The first-order valence-electron chi connectivity index (χ1n) is 18.5. The van der Waals surface area contributed by atoms with Crippen LogP contribution >= 0.6 is 18.3 Å². The molecule has 4 aromatic rings. The molecule has 0 N–H and O–H groups in total. The number of nitrogens with zero attached hydrogens (tertiary/aromatic N) is 2. The number of aryl methyl sites for hydroxylation is 6. The molecule has 0 atom stereocenters. The number of rotatable bonds is 9. The van der Waals surface area contributed by atoms with Crippen molar-refractivity contribution in [1.82, 2.24) is 0 Å². The van der Waals surface area contributed by atoms with E-state index in [4.69, 9.17) is 23.3 Å². The Bertz CT molecular complexity index is 1740. The summed E-state index contributed by atoms with van der Waals surface area (Å²) in [6.45, 7) is 29.4. The minimum absolute atomic E-state index is 0. The number of anilines is 2. The number of hydrogen-bond donors (Lipinski definition) is 0. The molecule has 0 unspecified atom stereocenters. The van der Waals surface area contributed by atoms with Crippen molar-refractivity contribution in [3.63, 3.8) is 0 Å². The van der Waals surface area contributed by atoms with Crippen molar-refractivity contribution in [2.24, 2.45) is 0 Å². The molecule has 2 aliphatic rings. The van der Waals surface area contributed by atoms with E-state index in [2.05, 4.69) is 137 Å². The van der Waals surface area contributed by atoms with E-state index in [0.717, 1.165) is 13.1 Å². The average Bonchev–Trinajstić information content (AvgIpc) is 3.69. The summed E-state index contributed by atoms with van der Waals surface area (Å²) in [6.07, 6.45) is 2.67. The third-order valence-corrected chi connectivity index (χ3v) is 12.2. The van der Waals surface area contributed by atoms with E-state index in [1.165, 1.54) is 71.1 Å². The first-order valence-corrected chi connectivity index (χ1v) is 22.7. The summed E-state index contributed by atoms with van der Waals surface area (Å²) < 4.78 is 17.8. The molecule has 0 spiro atoms. The summed E-state index contributed by atoms with van der Waals surface area (Å²) in [6, 6.07) is 28.1. The summed E-state index contributed by atoms with van der Waals surface area (Å²) in [5.41, 5.74) is 16.0. The minimum atomic E-state index is -1.18. The molecule has 1 fully saturated rings. The van der Waals surface area contributed by atoms with Gasteiger partial charge >= 0.3 is 121 Å². The van der Waals surface area contributed by atoms with Gasteiger partial charge in [-0.15, -0.1) is 0 Å². The van der Waals surface area contributed by atoms with Gasteiger partial charge in [-0.25, -0.2) is 0 Å². The molecule has 0 saturated carbocycles. The summed E-state index contributed by atoms with van der Waals surface area (Å²) in [5, 5.41) is 0. The molecular weight excluding hydrogens is 796 g/mol. The second-order valence-electron chi connectivity index (χ2n) is 14.6. The Kier molecular flexibility index (Phi) is 18.3. The Labute approximate surface area is 340 Å². The van der Waals surface area contributed by atoms with Crippen molar-refractivity contribution in [3.8, 4) is 0 Å². The Balaban J connectivity index is 0.000000226. The Morgan fingerprint density at radius 2 is 1.00 bits per heavy atom. The van der Waals surface area contributed by atoms with E-state index >= 15 is 0 Å². The molecule has 5 nitrogen and oxygen atoms in total. The van der Waals surface area contributed by atoms with Gasteiger partial charge in [0.25, 0.3) is 0 Å².